The van der Waals surface area contributed by atoms with Gasteiger partial charge in [0.05, 0.1) is 17.4 Å². The molecule has 0 atom stereocenters. The number of aryl methyl sites for hydroxylation is 1. The maximum atomic E-state index is 12.9. The number of fused-ring (bicyclic) bond motifs is 2. The molecule has 3 aromatic rings. The predicted molar refractivity (Wildman–Crippen MR) is 127 cm³/mol. The zero-order valence-electron chi connectivity index (χ0n) is 19.0. The molecule has 0 unspecified atom stereocenters. The van der Waals surface area contributed by atoms with Crippen LogP contribution < -0.4 is 5.32 Å². The summed E-state index contributed by atoms with van der Waals surface area (Å²) in [5.74, 6) is 0.0790. The lowest BCUT2D eigenvalue weighted by Crippen LogP contribution is -2.37. The Bertz CT molecular complexity index is 1240. The van der Waals surface area contributed by atoms with E-state index in [2.05, 4.69) is 26.3 Å². The van der Waals surface area contributed by atoms with Gasteiger partial charge in [0.1, 0.15) is 0 Å². The molecular weight excluding hydrogens is 414 g/mol. The van der Waals surface area contributed by atoms with Gasteiger partial charge in [-0.05, 0) is 73.9 Å². The van der Waals surface area contributed by atoms with E-state index in [-0.39, 0.29) is 11.8 Å². The van der Waals surface area contributed by atoms with Crippen LogP contribution in [0, 0.1) is 6.92 Å². The molecule has 3 heterocycles. The highest BCUT2D eigenvalue weighted by atomic mass is 16.2. The summed E-state index contributed by atoms with van der Waals surface area (Å²) in [4.78, 5) is 39.4. The molecule has 0 fully saturated rings. The van der Waals surface area contributed by atoms with Crippen molar-refractivity contribution in [3.63, 3.8) is 0 Å². The molecule has 2 N–H and O–H groups in total. The highest BCUT2D eigenvalue weighted by Gasteiger charge is 2.25. The number of pyridine rings is 1. The average Bonchev–Trinajstić information content (AvgIpc) is 3.31. The first-order chi connectivity index (χ1) is 16.1. The normalized spacial score (nSPS) is 15.8. The molecular formula is C26H29N5O2. The van der Waals surface area contributed by atoms with Gasteiger partial charge in [-0.15, -0.1) is 0 Å². The molecule has 7 nitrogen and oxygen atoms in total. The second kappa shape index (κ2) is 9.17. The Kier molecular flexibility index (Phi) is 5.94. The standard InChI is InChI=1S/C26H29N5O2/c1-17-22(14-28-26(33)19-7-8-23-24(12-19)30-16-29-23)21-9-10-31(15-20(21)13-27-17)25(32)11-18-5-3-2-4-6-18/h5,7-8,12-13,16H,2-4,6,9-11,14-15H2,1H3,(H,28,33)(H,29,30). The van der Waals surface area contributed by atoms with Crippen LogP contribution in [-0.2, 0) is 24.3 Å². The fraction of sp³-hybridized carbons (Fsp3) is 0.385. The first-order valence-electron chi connectivity index (χ1n) is 11.7. The van der Waals surface area contributed by atoms with Crippen molar-refractivity contribution < 1.29 is 9.59 Å². The molecule has 170 valence electrons. The molecule has 2 aromatic heterocycles. The third kappa shape index (κ3) is 4.53. The average molecular weight is 444 g/mol. The van der Waals surface area contributed by atoms with E-state index in [0.29, 0.717) is 31.6 Å². The number of allylic oxidation sites excluding steroid dienone is 1. The highest BCUT2D eigenvalue weighted by molar-refractivity contribution is 5.97. The maximum absolute atomic E-state index is 12.9. The van der Waals surface area contributed by atoms with Crippen molar-refractivity contribution in [1.29, 1.82) is 0 Å². The minimum Gasteiger partial charge on any atom is -0.348 e. The Morgan fingerprint density at radius 1 is 1.18 bits per heavy atom. The largest absolute Gasteiger partial charge is 0.348 e. The number of aromatic amines is 1. The number of carbonyl (C=O) groups is 2. The van der Waals surface area contributed by atoms with Crippen molar-refractivity contribution >= 4 is 22.8 Å². The molecule has 1 aliphatic carbocycles. The number of hydrogen-bond donors (Lipinski definition) is 2. The van der Waals surface area contributed by atoms with Gasteiger partial charge in [-0.3, -0.25) is 14.6 Å². The van der Waals surface area contributed by atoms with E-state index in [1.165, 1.54) is 24.0 Å². The Labute approximate surface area is 193 Å². The fourth-order valence-corrected chi connectivity index (χ4v) is 4.89. The molecule has 5 rings (SSSR count). The van der Waals surface area contributed by atoms with Crippen molar-refractivity contribution in [2.24, 2.45) is 0 Å². The van der Waals surface area contributed by atoms with Crippen LogP contribution in [-0.4, -0.2) is 38.2 Å². The van der Waals surface area contributed by atoms with Crippen molar-refractivity contribution in [3.05, 3.63) is 70.3 Å². The monoisotopic (exact) mass is 443 g/mol. The number of benzene rings is 1. The molecule has 0 bridgehead atoms. The minimum absolute atomic E-state index is 0.128. The third-order valence-corrected chi connectivity index (χ3v) is 6.82. The van der Waals surface area contributed by atoms with Gasteiger partial charge in [-0.2, -0.15) is 0 Å². The Morgan fingerprint density at radius 2 is 2.09 bits per heavy atom. The number of aromatic nitrogens is 3. The summed E-state index contributed by atoms with van der Waals surface area (Å²) in [6, 6.07) is 5.44. The van der Waals surface area contributed by atoms with Crippen molar-refractivity contribution in [1.82, 2.24) is 25.2 Å². The number of nitrogens with one attached hydrogen (secondary N) is 2. The summed E-state index contributed by atoms with van der Waals surface area (Å²) >= 11 is 0. The van der Waals surface area contributed by atoms with Crippen LogP contribution in [0.3, 0.4) is 0 Å². The van der Waals surface area contributed by atoms with E-state index < -0.39 is 0 Å². The van der Waals surface area contributed by atoms with Gasteiger partial charge in [0, 0.05) is 43.5 Å². The molecule has 0 saturated heterocycles. The van der Waals surface area contributed by atoms with Gasteiger partial charge < -0.3 is 15.2 Å². The number of amides is 2. The Balaban J connectivity index is 1.27. The summed E-state index contributed by atoms with van der Waals surface area (Å²) in [7, 11) is 0. The molecule has 0 radical (unpaired) electrons. The Hall–Kier alpha value is -3.48. The maximum Gasteiger partial charge on any atom is 0.251 e. The number of hydrogen-bond acceptors (Lipinski definition) is 4. The number of H-pyrrole nitrogens is 1. The van der Waals surface area contributed by atoms with E-state index >= 15 is 0 Å². The second-order valence-corrected chi connectivity index (χ2v) is 8.99. The van der Waals surface area contributed by atoms with Crippen LogP contribution in [0.15, 0.2) is 42.4 Å². The quantitative estimate of drug-likeness (QED) is 0.584. The Morgan fingerprint density at radius 3 is 2.94 bits per heavy atom. The van der Waals surface area contributed by atoms with E-state index in [1.807, 2.05) is 30.2 Å². The molecule has 0 saturated carbocycles. The van der Waals surface area contributed by atoms with Crippen molar-refractivity contribution in [2.45, 2.75) is 58.5 Å². The molecule has 2 amide bonds. The molecule has 0 spiro atoms. The molecule has 1 aromatic carbocycles. The summed E-state index contributed by atoms with van der Waals surface area (Å²) in [5, 5.41) is 3.05. The van der Waals surface area contributed by atoms with Gasteiger partial charge in [0.15, 0.2) is 0 Å². The first-order valence-corrected chi connectivity index (χ1v) is 11.7. The van der Waals surface area contributed by atoms with Crippen LogP contribution >= 0.6 is 0 Å². The zero-order chi connectivity index (χ0) is 22.8. The van der Waals surface area contributed by atoms with E-state index in [4.69, 9.17) is 0 Å². The summed E-state index contributed by atoms with van der Waals surface area (Å²) in [6.45, 7) is 3.69. The lowest BCUT2D eigenvalue weighted by molar-refractivity contribution is -0.131. The zero-order valence-corrected chi connectivity index (χ0v) is 19.0. The van der Waals surface area contributed by atoms with Crippen LogP contribution in [0.2, 0.25) is 0 Å². The number of imidazole rings is 1. The van der Waals surface area contributed by atoms with Gasteiger partial charge in [0.25, 0.3) is 5.91 Å². The van der Waals surface area contributed by atoms with Crippen LogP contribution in [0.1, 0.15) is 64.8 Å². The number of nitrogens with zero attached hydrogens (tertiary/aromatic N) is 3. The van der Waals surface area contributed by atoms with Gasteiger partial charge >= 0.3 is 0 Å². The van der Waals surface area contributed by atoms with Gasteiger partial charge in [0.2, 0.25) is 5.91 Å². The summed E-state index contributed by atoms with van der Waals surface area (Å²) in [5.41, 5.74) is 7.84. The van der Waals surface area contributed by atoms with Gasteiger partial charge in [-0.1, -0.05) is 11.6 Å². The topological polar surface area (TPSA) is 91.0 Å². The predicted octanol–water partition coefficient (Wildman–Crippen LogP) is 3.97. The summed E-state index contributed by atoms with van der Waals surface area (Å²) in [6.07, 6.45) is 11.7. The molecule has 33 heavy (non-hydrogen) atoms. The van der Waals surface area contributed by atoms with Crippen LogP contribution in [0.4, 0.5) is 0 Å². The van der Waals surface area contributed by atoms with E-state index in [1.54, 1.807) is 12.4 Å². The summed E-state index contributed by atoms with van der Waals surface area (Å²) < 4.78 is 0. The van der Waals surface area contributed by atoms with E-state index in [9.17, 15) is 9.59 Å². The van der Waals surface area contributed by atoms with Crippen molar-refractivity contribution in [3.8, 4) is 0 Å². The second-order valence-electron chi connectivity index (χ2n) is 8.99. The van der Waals surface area contributed by atoms with Crippen LogP contribution in [0.5, 0.6) is 0 Å². The van der Waals surface area contributed by atoms with Crippen LogP contribution in [0.25, 0.3) is 11.0 Å². The van der Waals surface area contributed by atoms with Crippen molar-refractivity contribution in [2.75, 3.05) is 6.54 Å². The highest BCUT2D eigenvalue weighted by Crippen LogP contribution is 2.26. The first kappa shape index (κ1) is 21.4. The molecule has 2 aliphatic rings. The molecule has 1 aliphatic heterocycles. The number of rotatable bonds is 5. The smallest absolute Gasteiger partial charge is 0.251 e. The van der Waals surface area contributed by atoms with Gasteiger partial charge in [-0.25, -0.2) is 4.98 Å². The SMILES string of the molecule is Cc1ncc2c(c1CNC(=O)c1ccc3nc[nH]c3c1)CCN(C(=O)CC1=CCCCC1)C2. The lowest BCUT2D eigenvalue weighted by Gasteiger charge is -2.31. The third-order valence-electron chi connectivity index (χ3n) is 6.82. The lowest BCUT2D eigenvalue weighted by atomic mass is 9.93. The number of carbonyl (C=O) groups excluding carboxylic acids is 2. The molecule has 7 heteroatoms. The minimum atomic E-state index is -0.128. The van der Waals surface area contributed by atoms with E-state index in [0.717, 1.165) is 47.1 Å². The fourth-order valence-electron chi connectivity index (χ4n) is 4.89.